The maximum Gasteiger partial charge on any atom is 0.271 e. The van der Waals surface area contributed by atoms with Crippen LogP contribution in [0.1, 0.15) is 43.1 Å². The number of carbonyl (C=O) groups excluding carboxylic acids is 1. The average molecular weight is 253 g/mol. The third-order valence-electron chi connectivity index (χ3n) is 3.44. The van der Waals surface area contributed by atoms with Crippen LogP contribution < -0.4 is 5.32 Å². The zero-order valence-electron chi connectivity index (χ0n) is 9.95. The number of halogens is 1. The lowest BCUT2D eigenvalue weighted by Crippen LogP contribution is -2.37. The van der Waals surface area contributed by atoms with E-state index in [0.717, 1.165) is 0 Å². The van der Waals surface area contributed by atoms with Gasteiger partial charge in [0.25, 0.3) is 5.91 Å². The predicted molar refractivity (Wildman–Crippen MR) is 68.1 cm³/mol. The third-order valence-corrected chi connectivity index (χ3v) is 3.74. The Balaban J connectivity index is 1.99. The van der Waals surface area contributed by atoms with Crippen LogP contribution in [0.25, 0.3) is 0 Å². The third kappa shape index (κ3) is 2.97. The molecule has 1 fully saturated rings. The largest absolute Gasteiger partial charge is 0.348 e. The normalized spacial score (nSPS) is 18.0. The van der Waals surface area contributed by atoms with Crippen LogP contribution in [0.3, 0.4) is 0 Å². The van der Waals surface area contributed by atoms with Crippen LogP contribution in [0.15, 0.2) is 18.3 Å². The Morgan fingerprint density at radius 1 is 1.53 bits per heavy atom. The summed E-state index contributed by atoms with van der Waals surface area (Å²) in [6.45, 7) is 2.06. The van der Waals surface area contributed by atoms with Crippen LogP contribution in [0.2, 0.25) is 5.02 Å². The first-order valence-corrected chi connectivity index (χ1v) is 6.47. The number of carbonyl (C=O) groups is 1. The molecule has 1 aliphatic rings. The molecule has 0 aliphatic heterocycles. The molecule has 1 aliphatic carbocycles. The molecule has 1 heterocycles. The molecule has 0 saturated heterocycles. The first kappa shape index (κ1) is 12.4. The van der Waals surface area contributed by atoms with Crippen molar-refractivity contribution in [3.63, 3.8) is 0 Å². The van der Waals surface area contributed by atoms with Crippen molar-refractivity contribution in [1.82, 2.24) is 10.3 Å². The summed E-state index contributed by atoms with van der Waals surface area (Å²) in [6, 6.07) is 3.60. The number of amides is 1. The lowest BCUT2D eigenvalue weighted by molar-refractivity contribution is 0.0922. The smallest absolute Gasteiger partial charge is 0.271 e. The summed E-state index contributed by atoms with van der Waals surface area (Å²) in [5, 5.41) is 3.40. The predicted octanol–water partition coefficient (Wildman–Crippen LogP) is 3.04. The molecule has 1 atom stereocenters. The van der Waals surface area contributed by atoms with Crippen molar-refractivity contribution < 1.29 is 4.79 Å². The van der Waals surface area contributed by atoms with Gasteiger partial charge in [0.15, 0.2) is 0 Å². The van der Waals surface area contributed by atoms with E-state index in [1.54, 1.807) is 18.3 Å². The van der Waals surface area contributed by atoms with Crippen LogP contribution in [0, 0.1) is 5.92 Å². The molecule has 0 spiro atoms. The van der Waals surface area contributed by atoms with Crippen molar-refractivity contribution in [2.75, 3.05) is 0 Å². The fourth-order valence-electron chi connectivity index (χ4n) is 2.40. The van der Waals surface area contributed by atoms with Crippen molar-refractivity contribution in [3.8, 4) is 0 Å². The summed E-state index contributed by atoms with van der Waals surface area (Å²) < 4.78 is 0. The second-order valence-corrected chi connectivity index (χ2v) is 5.05. The van der Waals surface area contributed by atoms with E-state index in [1.165, 1.54) is 25.7 Å². The standard InChI is InChI=1S/C13H17ClN2O/c1-9(10-5-2-3-6-10)16-13(17)12-11(14)7-4-8-15-12/h4,7-10H,2-3,5-6H2,1H3,(H,16,17)/t9-/m0/s1. The molecule has 0 bridgehead atoms. The van der Waals surface area contributed by atoms with Crippen molar-refractivity contribution >= 4 is 17.5 Å². The van der Waals surface area contributed by atoms with Gasteiger partial charge >= 0.3 is 0 Å². The number of nitrogens with zero attached hydrogens (tertiary/aromatic N) is 1. The fraction of sp³-hybridized carbons (Fsp3) is 0.538. The molecule has 92 valence electrons. The maximum atomic E-state index is 12.0. The highest BCUT2D eigenvalue weighted by atomic mass is 35.5. The number of hydrogen-bond acceptors (Lipinski definition) is 2. The van der Waals surface area contributed by atoms with E-state index in [2.05, 4.69) is 17.2 Å². The van der Waals surface area contributed by atoms with Crippen molar-refractivity contribution in [2.45, 2.75) is 38.6 Å². The van der Waals surface area contributed by atoms with E-state index in [1.807, 2.05) is 0 Å². The quantitative estimate of drug-likeness (QED) is 0.899. The first-order chi connectivity index (χ1) is 8.18. The Kier molecular flexibility index (Phi) is 4.00. The topological polar surface area (TPSA) is 42.0 Å². The minimum absolute atomic E-state index is 0.171. The minimum atomic E-state index is -0.171. The zero-order valence-corrected chi connectivity index (χ0v) is 10.7. The summed E-state index contributed by atoms with van der Waals surface area (Å²) >= 11 is 5.94. The van der Waals surface area contributed by atoms with Gasteiger partial charge < -0.3 is 5.32 Å². The number of nitrogens with one attached hydrogen (secondary N) is 1. The number of rotatable bonds is 3. The van der Waals surface area contributed by atoms with Crippen LogP contribution in [-0.4, -0.2) is 16.9 Å². The highest BCUT2D eigenvalue weighted by Gasteiger charge is 2.24. The molecule has 1 saturated carbocycles. The van der Waals surface area contributed by atoms with E-state index in [9.17, 15) is 4.79 Å². The summed E-state index contributed by atoms with van der Waals surface area (Å²) in [5.74, 6) is 0.427. The van der Waals surface area contributed by atoms with Gasteiger partial charge in [-0.05, 0) is 37.8 Å². The SMILES string of the molecule is C[C@H](NC(=O)c1ncccc1Cl)C1CCCC1. The van der Waals surface area contributed by atoms with E-state index < -0.39 is 0 Å². The van der Waals surface area contributed by atoms with Gasteiger partial charge in [-0.1, -0.05) is 24.4 Å². The highest BCUT2D eigenvalue weighted by Crippen LogP contribution is 2.27. The van der Waals surface area contributed by atoms with Gasteiger partial charge in [-0.15, -0.1) is 0 Å². The van der Waals surface area contributed by atoms with Crippen LogP contribution in [-0.2, 0) is 0 Å². The monoisotopic (exact) mass is 252 g/mol. The van der Waals surface area contributed by atoms with E-state index in [0.29, 0.717) is 16.6 Å². The number of hydrogen-bond donors (Lipinski definition) is 1. The second-order valence-electron chi connectivity index (χ2n) is 4.64. The van der Waals surface area contributed by atoms with Crippen LogP contribution in [0.5, 0.6) is 0 Å². The van der Waals surface area contributed by atoms with Gasteiger partial charge in [0.05, 0.1) is 5.02 Å². The summed E-state index contributed by atoms with van der Waals surface area (Å²) in [7, 11) is 0. The van der Waals surface area contributed by atoms with Gasteiger partial charge in [-0.2, -0.15) is 0 Å². The molecule has 3 nitrogen and oxygen atoms in total. The minimum Gasteiger partial charge on any atom is -0.348 e. The molecule has 0 aromatic carbocycles. The average Bonchev–Trinajstić information content (AvgIpc) is 2.82. The van der Waals surface area contributed by atoms with Gasteiger partial charge in [0.1, 0.15) is 5.69 Å². The molecule has 1 aromatic rings. The van der Waals surface area contributed by atoms with E-state index in [-0.39, 0.29) is 11.9 Å². The fourth-order valence-corrected chi connectivity index (χ4v) is 2.61. The molecular formula is C13H17ClN2O. The van der Waals surface area contributed by atoms with Crippen molar-refractivity contribution in [3.05, 3.63) is 29.0 Å². The molecule has 1 amide bonds. The lowest BCUT2D eigenvalue weighted by Gasteiger charge is -2.20. The summed E-state index contributed by atoms with van der Waals surface area (Å²) in [5.41, 5.74) is 0.319. The molecule has 1 N–H and O–H groups in total. The Morgan fingerprint density at radius 2 is 2.24 bits per heavy atom. The Labute approximate surface area is 107 Å². The second kappa shape index (κ2) is 5.50. The molecule has 0 unspecified atom stereocenters. The Hall–Kier alpha value is -1.09. The summed E-state index contributed by atoms with van der Waals surface area (Å²) in [4.78, 5) is 16.0. The molecule has 0 radical (unpaired) electrons. The summed E-state index contributed by atoms with van der Waals surface area (Å²) in [6.07, 6.45) is 6.54. The zero-order chi connectivity index (χ0) is 12.3. The van der Waals surface area contributed by atoms with Crippen LogP contribution in [0.4, 0.5) is 0 Å². The molecular weight excluding hydrogens is 236 g/mol. The molecule has 4 heteroatoms. The van der Waals surface area contributed by atoms with Gasteiger partial charge in [-0.3, -0.25) is 4.79 Å². The Bertz CT molecular complexity index is 402. The maximum absolute atomic E-state index is 12.0. The number of pyridine rings is 1. The van der Waals surface area contributed by atoms with Gasteiger partial charge in [-0.25, -0.2) is 4.98 Å². The van der Waals surface area contributed by atoms with Crippen molar-refractivity contribution in [1.29, 1.82) is 0 Å². The van der Waals surface area contributed by atoms with Crippen molar-refractivity contribution in [2.24, 2.45) is 5.92 Å². The molecule has 1 aromatic heterocycles. The van der Waals surface area contributed by atoms with Crippen LogP contribution >= 0.6 is 11.6 Å². The van der Waals surface area contributed by atoms with Gasteiger partial charge in [0, 0.05) is 12.2 Å². The van der Waals surface area contributed by atoms with E-state index >= 15 is 0 Å². The molecule has 2 rings (SSSR count). The number of aromatic nitrogens is 1. The Morgan fingerprint density at radius 3 is 2.88 bits per heavy atom. The van der Waals surface area contributed by atoms with Gasteiger partial charge in [0.2, 0.25) is 0 Å². The lowest BCUT2D eigenvalue weighted by atomic mass is 10.00. The van der Waals surface area contributed by atoms with E-state index in [4.69, 9.17) is 11.6 Å². The first-order valence-electron chi connectivity index (χ1n) is 6.10. The highest BCUT2D eigenvalue weighted by molar-refractivity contribution is 6.33. The molecule has 17 heavy (non-hydrogen) atoms.